The van der Waals surface area contributed by atoms with Crippen molar-refractivity contribution in [1.29, 1.82) is 0 Å². The Balaban J connectivity index is 1.80. The van der Waals surface area contributed by atoms with Gasteiger partial charge in [-0.25, -0.2) is 0 Å². The van der Waals surface area contributed by atoms with E-state index in [1.54, 1.807) is 7.11 Å². The highest BCUT2D eigenvalue weighted by molar-refractivity contribution is 5.51. The van der Waals surface area contributed by atoms with Crippen LogP contribution in [0.4, 0.5) is 0 Å². The van der Waals surface area contributed by atoms with Gasteiger partial charge in [0.1, 0.15) is 17.6 Å². The molecule has 26 heavy (non-hydrogen) atoms. The third-order valence-electron chi connectivity index (χ3n) is 5.25. The molecule has 0 unspecified atom stereocenters. The molecule has 0 saturated heterocycles. The SMILES string of the molecule is COc1ccc([C@@H]2C[C@H](c3ccccc3)Oc3cc(C)cc(C)c32)cc1. The van der Waals surface area contributed by atoms with Gasteiger partial charge < -0.3 is 9.47 Å². The highest BCUT2D eigenvalue weighted by Gasteiger charge is 2.31. The lowest BCUT2D eigenvalue weighted by atomic mass is 9.80. The average molecular weight is 344 g/mol. The summed E-state index contributed by atoms with van der Waals surface area (Å²) in [4.78, 5) is 0. The van der Waals surface area contributed by atoms with E-state index in [1.165, 1.54) is 27.8 Å². The van der Waals surface area contributed by atoms with Crippen LogP contribution in [0.1, 0.15) is 46.3 Å². The first-order valence-corrected chi connectivity index (χ1v) is 9.12. The molecule has 3 aromatic rings. The van der Waals surface area contributed by atoms with Gasteiger partial charge >= 0.3 is 0 Å². The summed E-state index contributed by atoms with van der Waals surface area (Å²) in [6.07, 6.45) is 1.00. The summed E-state index contributed by atoms with van der Waals surface area (Å²) in [7, 11) is 1.71. The van der Waals surface area contributed by atoms with Gasteiger partial charge in [0.05, 0.1) is 7.11 Å². The van der Waals surface area contributed by atoms with Crippen molar-refractivity contribution in [3.63, 3.8) is 0 Å². The summed E-state index contributed by atoms with van der Waals surface area (Å²) in [6, 6.07) is 23.4. The van der Waals surface area contributed by atoms with Gasteiger partial charge in [-0.1, -0.05) is 48.5 Å². The zero-order valence-electron chi connectivity index (χ0n) is 15.5. The maximum absolute atomic E-state index is 6.45. The second-order valence-corrected chi connectivity index (χ2v) is 7.07. The fourth-order valence-electron chi connectivity index (χ4n) is 4.03. The lowest BCUT2D eigenvalue weighted by molar-refractivity contribution is 0.167. The lowest BCUT2D eigenvalue weighted by Crippen LogP contribution is -2.21. The summed E-state index contributed by atoms with van der Waals surface area (Å²) in [5, 5.41) is 0. The van der Waals surface area contributed by atoms with E-state index in [9.17, 15) is 0 Å². The number of rotatable bonds is 3. The normalized spacial score (nSPS) is 18.7. The van der Waals surface area contributed by atoms with Gasteiger partial charge in [-0.05, 0) is 60.7 Å². The van der Waals surface area contributed by atoms with Gasteiger partial charge in [0, 0.05) is 11.5 Å². The zero-order chi connectivity index (χ0) is 18.1. The predicted octanol–water partition coefficient (Wildman–Crippen LogP) is 5.97. The minimum absolute atomic E-state index is 0.0667. The maximum atomic E-state index is 6.45. The largest absolute Gasteiger partial charge is 0.497 e. The van der Waals surface area contributed by atoms with Crippen molar-refractivity contribution in [2.24, 2.45) is 0 Å². The molecule has 0 saturated carbocycles. The highest BCUT2D eigenvalue weighted by atomic mass is 16.5. The third-order valence-corrected chi connectivity index (χ3v) is 5.25. The number of hydrogen-bond donors (Lipinski definition) is 0. The fourth-order valence-corrected chi connectivity index (χ4v) is 4.03. The van der Waals surface area contributed by atoms with Crippen molar-refractivity contribution in [3.8, 4) is 11.5 Å². The van der Waals surface area contributed by atoms with Gasteiger partial charge in [-0.2, -0.15) is 0 Å². The van der Waals surface area contributed by atoms with Gasteiger partial charge in [-0.15, -0.1) is 0 Å². The zero-order valence-corrected chi connectivity index (χ0v) is 15.5. The number of fused-ring (bicyclic) bond motifs is 1. The Kier molecular flexibility index (Phi) is 4.42. The molecule has 4 rings (SSSR count). The van der Waals surface area contributed by atoms with Crippen molar-refractivity contribution >= 4 is 0 Å². The Bertz CT molecular complexity index is 897. The van der Waals surface area contributed by atoms with Crippen LogP contribution in [0.25, 0.3) is 0 Å². The number of hydrogen-bond acceptors (Lipinski definition) is 2. The van der Waals surface area contributed by atoms with Crippen molar-refractivity contribution < 1.29 is 9.47 Å². The van der Waals surface area contributed by atoms with Crippen LogP contribution in [0.5, 0.6) is 11.5 Å². The van der Waals surface area contributed by atoms with Crippen molar-refractivity contribution in [1.82, 2.24) is 0 Å². The first kappa shape index (κ1) is 16.7. The van der Waals surface area contributed by atoms with E-state index >= 15 is 0 Å². The first-order valence-electron chi connectivity index (χ1n) is 9.12. The van der Waals surface area contributed by atoms with Crippen LogP contribution < -0.4 is 9.47 Å². The first-order chi connectivity index (χ1) is 12.7. The molecule has 0 N–H and O–H groups in total. The second kappa shape index (κ2) is 6.87. The molecule has 1 aliphatic heterocycles. The molecule has 2 atom stereocenters. The molecule has 0 spiro atoms. The Labute approximate surface area is 155 Å². The summed E-state index contributed by atoms with van der Waals surface area (Å²) in [5.41, 5.74) is 6.39. The number of benzene rings is 3. The second-order valence-electron chi connectivity index (χ2n) is 7.07. The lowest BCUT2D eigenvalue weighted by Gasteiger charge is -2.34. The molecule has 2 nitrogen and oxygen atoms in total. The van der Waals surface area contributed by atoms with Crippen LogP contribution >= 0.6 is 0 Å². The third kappa shape index (κ3) is 3.08. The quantitative estimate of drug-likeness (QED) is 0.583. The van der Waals surface area contributed by atoms with E-state index in [1.807, 2.05) is 12.1 Å². The van der Waals surface area contributed by atoms with E-state index in [0.29, 0.717) is 5.92 Å². The van der Waals surface area contributed by atoms with E-state index in [0.717, 1.165) is 17.9 Å². The highest BCUT2D eigenvalue weighted by Crippen LogP contribution is 2.47. The van der Waals surface area contributed by atoms with E-state index in [4.69, 9.17) is 9.47 Å². The standard InChI is InChI=1S/C24H24O2/c1-16-13-17(2)24-21(18-9-11-20(25-3)12-10-18)15-22(26-23(24)14-16)19-7-5-4-6-8-19/h4-14,21-22H,15H2,1-3H3/t21-,22+/m0/s1. The molecule has 0 fully saturated rings. The molecule has 0 amide bonds. The molecular formula is C24H24O2. The fraction of sp³-hybridized carbons (Fsp3) is 0.250. The maximum Gasteiger partial charge on any atom is 0.125 e. The van der Waals surface area contributed by atoms with Gasteiger partial charge in [-0.3, -0.25) is 0 Å². The van der Waals surface area contributed by atoms with Crippen LogP contribution in [0.15, 0.2) is 66.7 Å². The molecule has 1 aliphatic rings. The van der Waals surface area contributed by atoms with E-state index in [-0.39, 0.29) is 6.10 Å². The van der Waals surface area contributed by atoms with Gasteiger partial charge in [0.2, 0.25) is 0 Å². The van der Waals surface area contributed by atoms with Gasteiger partial charge in [0.25, 0.3) is 0 Å². The van der Waals surface area contributed by atoms with Crippen LogP contribution in [-0.2, 0) is 0 Å². The Morgan fingerprint density at radius 3 is 2.31 bits per heavy atom. The summed E-state index contributed by atoms with van der Waals surface area (Å²) in [5.74, 6) is 2.22. The van der Waals surface area contributed by atoms with Crippen LogP contribution in [-0.4, -0.2) is 7.11 Å². The van der Waals surface area contributed by atoms with E-state index in [2.05, 4.69) is 68.4 Å². The Morgan fingerprint density at radius 1 is 0.885 bits per heavy atom. The van der Waals surface area contributed by atoms with E-state index < -0.39 is 0 Å². The minimum Gasteiger partial charge on any atom is -0.497 e. The predicted molar refractivity (Wildman–Crippen MR) is 105 cm³/mol. The minimum atomic E-state index is 0.0667. The van der Waals surface area contributed by atoms with Crippen LogP contribution in [0.2, 0.25) is 0 Å². The van der Waals surface area contributed by atoms with Gasteiger partial charge in [0.15, 0.2) is 0 Å². The van der Waals surface area contributed by atoms with Crippen LogP contribution in [0.3, 0.4) is 0 Å². The molecule has 0 aromatic heterocycles. The Morgan fingerprint density at radius 2 is 1.62 bits per heavy atom. The van der Waals surface area contributed by atoms with Crippen molar-refractivity contribution in [2.45, 2.75) is 32.3 Å². The molecule has 0 radical (unpaired) electrons. The van der Waals surface area contributed by atoms with Crippen molar-refractivity contribution in [2.75, 3.05) is 7.11 Å². The summed E-state index contributed by atoms with van der Waals surface area (Å²) in [6.45, 7) is 4.32. The molecule has 0 bridgehead atoms. The number of methoxy groups -OCH3 is 1. The molecule has 132 valence electrons. The number of aryl methyl sites for hydroxylation is 2. The van der Waals surface area contributed by atoms with Crippen LogP contribution in [0, 0.1) is 13.8 Å². The molecule has 0 aliphatic carbocycles. The molecule has 2 heteroatoms. The summed E-state index contributed by atoms with van der Waals surface area (Å²) >= 11 is 0. The molecular weight excluding hydrogens is 320 g/mol. The summed E-state index contributed by atoms with van der Waals surface area (Å²) < 4.78 is 11.8. The van der Waals surface area contributed by atoms with Crippen molar-refractivity contribution in [3.05, 3.63) is 94.5 Å². The monoisotopic (exact) mass is 344 g/mol. The molecule has 1 heterocycles. The topological polar surface area (TPSA) is 18.5 Å². The average Bonchev–Trinajstić information content (AvgIpc) is 2.67. The smallest absolute Gasteiger partial charge is 0.125 e. The number of ether oxygens (including phenoxy) is 2. The Hall–Kier alpha value is -2.74. The molecule has 3 aromatic carbocycles.